The zero-order chi connectivity index (χ0) is 13.5. The molecule has 1 aromatic rings. The van der Waals surface area contributed by atoms with Gasteiger partial charge < -0.3 is 19.3 Å². The Labute approximate surface area is 112 Å². The first kappa shape index (κ1) is 14.2. The van der Waals surface area contributed by atoms with Crippen molar-refractivity contribution in [1.29, 1.82) is 0 Å². The molecule has 1 aliphatic heterocycles. The number of benzene rings is 1. The van der Waals surface area contributed by atoms with E-state index in [2.05, 4.69) is 0 Å². The van der Waals surface area contributed by atoms with Gasteiger partial charge in [0.2, 0.25) is 0 Å². The van der Waals surface area contributed by atoms with E-state index < -0.39 is 6.10 Å². The molecular weight excluding hydrogens is 251 g/mol. The van der Waals surface area contributed by atoms with Crippen molar-refractivity contribution in [3.63, 3.8) is 0 Å². The molecule has 1 aliphatic rings. The molecule has 0 saturated carbocycles. The number of hydrogen-bond acceptors (Lipinski definition) is 4. The summed E-state index contributed by atoms with van der Waals surface area (Å²) in [4.78, 5) is 0. The highest BCUT2D eigenvalue weighted by atomic mass is 19.1. The summed E-state index contributed by atoms with van der Waals surface area (Å²) < 4.78 is 29.0. The maximum Gasteiger partial charge on any atom is 0.126 e. The van der Waals surface area contributed by atoms with E-state index in [1.54, 1.807) is 12.1 Å². The predicted molar refractivity (Wildman–Crippen MR) is 67.7 cm³/mol. The predicted octanol–water partition coefficient (Wildman–Crippen LogP) is 1.76. The van der Waals surface area contributed by atoms with Gasteiger partial charge in [0.1, 0.15) is 24.3 Å². The van der Waals surface area contributed by atoms with Gasteiger partial charge in [-0.1, -0.05) is 6.07 Å². The van der Waals surface area contributed by atoms with Gasteiger partial charge in [0, 0.05) is 19.3 Å². The van der Waals surface area contributed by atoms with Crippen molar-refractivity contribution in [3.8, 4) is 5.75 Å². The number of aliphatic hydroxyl groups excluding tert-OH is 1. The van der Waals surface area contributed by atoms with E-state index in [1.807, 2.05) is 0 Å². The summed E-state index contributed by atoms with van der Waals surface area (Å²) >= 11 is 0. The fraction of sp³-hybridized carbons (Fsp3) is 0.571. The minimum atomic E-state index is -0.717. The van der Waals surface area contributed by atoms with Crippen LogP contribution in [0.1, 0.15) is 12.8 Å². The van der Waals surface area contributed by atoms with Crippen LogP contribution >= 0.6 is 0 Å². The molecule has 0 aromatic heterocycles. The summed E-state index contributed by atoms with van der Waals surface area (Å²) in [5, 5.41) is 9.74. The summed E-state index contributed by atoms with van der Waals surface area (Å²) in [5.41, 5.74) is 0. The Morgan fingerprint density at radius 2 is 2.11 bits per heavy atom. The third-order valence-electron chi connectivity index (χ3n) is 2.93. The standard InChI is InChI=1S/C14H19FO4/c15-11-2-1-3-14(8-11)19-10-12(16)9-18-13-4-6-17-7-5-13/h1-3,8,12-13,16H,4-7,9-10H2. The lowest BCUT2D eigenvalue weighted by atomic mass is 10.1. The molecule has 1 aromatic carbocycles. The van der Waals surface area contributed by atoms with Gasteiger partial charge in [-0.05, 0) is 25.0 Å². The zero-order valence-electron chi connectivity index (χ0n) is 10.8. The van der Waals surface area contributed by atoms with Crippen molar-refractivity contribution in [1.82, 2.24) is 0 Å². The second-order valence-corrected chi connectivity index (χ2v) is 4.57. The largest absolute Gasteiger partial charge is 0.491 e. The number of ether oxygens (including phenoxy) is 3. The Bertz CT molecular complexity index is 379. The highest BCUT2D eigenvalue weighted by molar-refractivity contribution is 5.22. The molecule has 1 saturated heterocycles. The van der Waals surface area contributed by atoms with Crippen LogP contribution in [-0.2, 0) is 9.47 Å². The molecule has 0 aliphatic carbocycles. The highest BCUT2D eigenvalue weighted by Crippen LogP contribution is 2.13. The maximum absolute atomic E-state index is 12.9. The Morgan fingerprint density at radius 1 is 1.32 bits per heavy atom. The highest BCUT2D eigenvalue weighted by Gasteiger charge is 2.16. The van der Waals surface area contributed by atoms with E-state index in [-0.39, 0.29) is 25.1 Å². The Kier molecular flexibility index (Phi) is 5.57. The average molecular weight is 270 g/mol. The van der Waals surface area contributed by atoms with E-state index >= 15 is 0 Å². The number of hydrogen-bond donors (Lipinski definition) is 1. The van der Waals surface area contributed by atoms with Gasteiger partial charge in [-0.25, -0.2) is 4.39 Å². The summed E-state index contributed by atoms with van der Waals surface area (Å²) in [5.74, 6) is 0.0514. The van der Waals surface area contributed by atoms with Crippen LogP contribution in [0.5, 0.6) is 5.75 Å². The molecule has 19 heavy (non-hydrogen) atoms. The van der Waals surface area contributed by atoms with Crippen molar-refractivity contribution in [2.24, 2.45) is 0 Å². The maximum atomic E-state index is 12.9. The average Bonchev–Trinajstić information content (AvgIpc) is 2.44. The number of halogens is 1. The van der Waals surface area contributed by atoms with Gasteiger partial charge in [-0.2, -0.15) is 0 Å². The van der Waals surface area contributed by atoms with Gasteiger partial charge in [-0.3, -0.25) is 0 Å². The number of aliphatic hydroxyl groups is 1. The van der Waals surface area contributed by atoms with E-state index in [1.165, 1.54) is 12.1 Å². The molecule has 1 unspecified atom stereocenters. The molecule has 1 heterocycles. The summed E-state index contributed by atoms with van der Waals surface area (Å²) in [7, 11) is 0. The first-order chi connectivity index (χ1) is 9.24. The van der Waals surface area contributed by atoms with Crippen LogP contribution in [0.15, 0.2) is 24.3 Å². The normalized spacial score (nSPS) is 18.2. The molecule has 1 fully saturated rings. The summed E-state index contributed by atoms with van der Waals surface area (Å²) in [6.07, 6.45) is 1.15. The van der Waals surface area contributed by atoms with Crippen LogP contribution in [0, 0.1) is 5.82 Å². The Morgan fingerprint density at radius 3 is 2.84 bits per heavy atom. The zero-order valence-corrected chi connectivity index (χ0v) is 10.8. The van der Waals surface area contributed by atoms with Crippen LogP contribution in [0.25, 0.3) is 0 Å². The first-order valence-corrected chi connectivity index (χ1v) is 6.50. The fourth-order valence-electron chi connectivity index (χ4n) is 1.89. The van der Waals surface area contributed by atoms with Crippen molar-refractivity contribution in [3.05, 3.63) is 30.1 Å². The smallest absolute Gasteiger partial charge is 0.126 e. The minimum absolute atomic E-state index is 0.0900. The van der Waals surface area contributed by atoms with Crippen LogP contribution in [0.2, 0.25) is 0 Å². The van der Waals surface area contributed by atoms with Crippen LogP contribution in [0.4, 0.5) is 4.39 Å². The van der Waals surface area contributed by atoms with Crippen molar-refractivity contribution < 1.29 is 23.7 Å². The number of rotatable bonds is 6. The lowest BCUT2D eigenvalue weighted by molar-refractivity contribution is -0.0659. The SMILES string of the molecule is OC(COc1cccc(F)c1)COC1CCOCC1. The first-order valence-electron chi connectivity index (χ1n) is 6.50. The van der Waals surface area contributed by atoms with E-state index in [4.69, 9.17) is 14.2 Å². The third-order valence-corrected chi connectivity index (χ3v) is 2.93. The molecule has 4 nitrogen and oxygen atoms in total. The van der Waals surface area contributed by atoms with Crippen molar-refractivity contribution >= 4 is 0 Å². The molecule has 5 heteroatoms. The molecule has 2 rings (SSSR count). The van der Waals surface area contributed by atoms with Crippen LogP contribution in [0.3, 0.4) is 0 Å². The van der Waals surface area contributed by atoms with Crippen LogP contribution < -0.4 is 4.74 Å². The van der Waals surface area contributed by atoms with E-state index in [9.17, 15) is 9.50 Å². The fourth-order valence-corrected chi connectivity index (χ4v) is 1.89. The second-order valence-electron chi connectivity index (χ2n) is 4.57. The van der Waals surface area contributed by atoms with Crippen molar-refractivity contribution in [2.75, 3.05) is 26.4 Å². The van der Waals surface area contributed by atoms with E-state index in [0.717, 1.165) is 12.8 Å². The minimum Gasteiger partial charge on any atom is -0.491 e. The lowest BCUT2D eigenvalue weighted by Crippen LogP contribution is -2.30. The molecule has 1 atom stereocenters. The quantitative estimate of drug-likeness (QED) is 0.855. The molecule has 1 N–H and O–H groups in total. The molecule has 0 bridgehead atoms. The molecule has 0 radical (unpaired) electrons. The summed E-state index contributed by atoms with van der Waals surface area (Å²) in [6, 6.07) is 5.84. The Balaban J connectivity index is 1.65. The lowest BCUT2D eigenvalue weighted by Gasteiger charge is -2.23. The van der Waals surface area contributed by atoms with E-state index in [0.29, 0.717) is 19.0 Å². The second kappa shape index (κ2) is 7.43. The molecule has 0 amide bonds. The van der Waals surface area contributed by atoms with Gasteiger partial charge in [0.05, 0.1) is 12.7 Å². The van der Waals surface area contributed by atoms with Gasteiger partial charge in [0.15, 0.2) is 0 Å². The molecule has 0 spiro atoms. The van der Waals surface area contributed by atoms with Crippen molar-refractivity contribution in [2.45, 2.75) is 25.0 Å². The summed E-state index contributed by atoms with van der Waals surface area (Å²) in [6.45, 7) is 1.73. The molecule has 106 valence electrons. The monoisotopic (exact) mass is 270 g/mol. The van der Waals surface area contributed by atoms with Gasteiger partial charge >= 0.3 is 0 Å². The Hall–Kier alpha value is -1.17. The van der Waals surface area contributed by atoms with Gasteiger partial charge in [0.25, 0.3) is 0 Å². The third kappa shape index (κ3) is 5.14. The molecular formula is C14H19FO4. The van der Waals surface area contributed by atoms with Crippen LogP contribution in [-0.4, -0.2) is 43.7 Å². The van der Waals surface area contributed by atoms with Gasteiger partial charge in [-0.15, -0.1) is 0 Å². The topological polar surface area (TPSA) is 47.9 Å².